The van der Waals surface area contributed by atoms with Crippen LogP contribution in [-0.2, 0) is 0 Å². The number of amides is 1. The van der Waals surface area contributed by atoms with Crippen molar-refractivity contribution in [3.8, 4) is 23.0 Å². The molecule has 7 heteroatoms. The van der Waals surface area contributed by atoms with Gasteiger partial charge in [0.05, 0.1) is 26.5 Å². The lowest BCUT2D eigenvalue weighted by Gasteiger charge is -2.12. The second-order valence-corrected chi connectivity index (χ2v) is 5.57. The first-order valence-corrected chi connectivity index (χ1v) is 8.69. The fourth-order valence-electron chi connectivity index (χ4n) is 2.25. The molecule has 2 aromatic carbocycles. The summed E-state index contributed by atoms with van der Waals surface area (Å²) < 4.78 is 16.2. The minimum atomic E-state index is -0.375. The quantitative estimate of drug-likeness (QED) is 0.520. The van der Waals surface area contributed by atoms with Crippen molar-refractivity contribution in [3.63, 3.8) is 0 Å². The van der Waals surface area contributed by atoms with Crippen LogP contribution in [0.4, 0.5) is 0 Å². The zero-order chi connectivity index (χ0) is 19.6. The summed E-state index contributed by atoms with van der Waals surface area (Å²) in [4.78, 5) is 12.3. The van der Waals surface area contributed by atoms with Crippen LogP contribution in [0.5, 0.6) is 23.0 Å². The Kier molecular flexibility index (Phi) is 7.49. The van der Waals surface area contributed by atoms with Crippen molar-refractivity contribution in [1.82, 2.24) is 5.43 Å². The maximum Gasteiger partial charge on any atom is 0.271 e. The van der Waals surface area contributed by atoms with Gasteiger partial charge < -0.3 is 19.3 Å². The Morgan fingerprint density at radius 3 is 2.63 bits per heavy atom. The monoisotopic (exact) mass is 372 g/mol. The second-order valence-electron chi connectivity index (χ2n) is 5.57. The molecule has 0 aromatic heterocycles. The van der Waals surface area contributed by atoms with Crippen LogP contribution in [-0.4, -0.2) is 37.6 Å². The summed E-state index contributed by atoms with van der Waals surface area (Å²) in [5, 5.41) is 13.5. The molecule has 2 aromatic rings. The lowest BCUT2D eigenvalue weighted by atomic mass is 10.2. The van der Waals surface area contributed by atoms with E-state index in [9.17, 15) is 9.90 Å². The van der Waals surface area contributed by atoms with Crippen LogP contribution in [0, 0.1) is 0 Å². The van der Waals surface area contributed by atoms with E-state index in [2.05, 4.69) is 10.5 Å². The average Bonchev–Trinajstić information content (AvgIpc) is 2.68. The summed E-state index contributed by atoms with van der Waals surface area (Å²) in [6.07, 6.45) is 2.34. The third-order valence-electron chi connectivity index (χ3n) is 3.55. The van der Waals surface area contributed by atoms with E-state index in [4.69, 9.17) is 14.2 Å². The van der Waals surface area contributed by atoms with Crippen molar-refractivity contribution in [2.45, 2.75) is 20.3 Å². The minimum absolute atomic E-state index is 0.0347. The van der Waals surface area contributed by atoms with E-state index < -0.39 is 0 Å². The lowest BCUT2D eigenvalue weighted by Crippen LogP contribution is -2.17. The summed E-state index contributed by atoms with van der Waals surface area (Å²) in [5.74, 6) is 1.11. The van der Waals surface area contributed by atoms with Crippen molar-refractivity contribution in [2.24, 2.45) is 5.10 Å². The Morgan fingerprint density at radius 2 is 1.93 bits per heavy atom. The number of benzene rings is 2. The highest BCUT2D eigenvalue weighted by Crippen LogP contribution is 2.29. The van der Waals surface area contributed by atoms with Crippen molar-refractivity contribution in [1.29, 1.82) is 0 Å². The van der Waals surface area contributed by atoms with Gasteiger partial charge >= 0.3 is 0 Å². The van der Waals surface area contributed by atoms with Gasteiger partial charge in [0.1, 0.15) is 0 Å². The largest absolute Gasteiger partial charge is 0.504 e. The van der Waals surface area contributed by atoms with Gasteiger partial charge in [0.25, 0.3) is 5.91 Å². The number of methoxy groups -OCH3 is 1. The van der Waals surface area contributed by atoms with Crippen molar-refractivity contribution >= 4 is 12.1 Å². The molecule has 7 nitrogen and oxygen atoms in total. The number of phenols is 1. The van der Waals surface area contributed by atoms with Crippen LogP contribution in [0.1, 0.15) is 36.2 Å². The van der Waals surface area contributed by atoms with Crippen LogP contribution >= 0.6 is 0 Å². The fraction of sp³-hybridized carbons (Fsp3) is 0.300. The first-order chi connectivity index (χ1) is 13.1. The van der Waals surface area contributed by atoms with Gasteiger partial charge in [-0.15, -0.1) is 0 Å². The molecule has 2 rings (SSSR count). The zero-order valence-electron chi connectivity index (χ0n) is 15.7. The summed E-state index contributed by atoms with van der Waals surface area (Å²) in [6, 6.07) is 9.75. The molecule has 1 amide bonds. The molecule has 0 unspecified atom stereocenters. The van der Waals surface area contributed by atoms with E-state index in [1.54, 1.807) is 30.3 Å². The third-order valence-corrected chi connectivity index (χ3v) is 3.55. The topological polar surface area (TPSA) is 89.4 Å². The van der Waals surface area contributed by atoms with Gasteiger partial charge in [-0.25, -0.2) is 5.43 Å². The molecular weight excluding hydrogens is 348 g/mol. The maximum absolute atomic E-state index is 12.3. The average molecular weight is 372 g/mol. The third kappa shape index (κ3) is 5.64. The number of rotatable bonds is 9. The first-order valence-electron chi connectivity index (χ1n) is 8.69. The molecule has 0 heterocycles. The fourth-order valence-corrected chi connectivity index (χ4v) is 2.25. The van der Waals surface area contributed by atoms with E-state index in [-0.39, 0.29) is 11.7 Å². The molecule has 0 saturated heterocycles. The number of hydrazone groups is 1. The van der Waals surface area contributed by atoms with Crippen LogP contribution in [0.15, 0.2) is 41.5 Å². The SMILES string of the molecule is CCCOc1ccc(C(=O)N/N=C/c2ccc(O)c(OC)c2)cc1OCC. The van der Waals surface area contributed by atoms with Gasteiger partial charge in [-0.1, -0.05) is 6.92 Å². The molecular formula is C20H24N2O5. The molecule has 0 radical (unpaired) electrons. The van der Waals surface area contributed by atoms with E-state index >= 15 is 0 Å². The highest BCUT2D eigenvalue weighted by molar-refractivity contribution is 5.95. The number of carbonyl (C=O) groups excluding carboxylic acids is 1. The number of nitrogens with one attached hydrogen (secondary N) is 1. The number of carbonyl (C=O) groups is 1. The van der Waals surface area contributed by atoms with Crippen molar-refractivity contribution in [3.05, 3.63) is 47.5 Å². The van der Waals surface area contributed by atoms with Crippen molar-refractivity contribution < 1.29 is 24.1 Å². The van der Waals surface area contributed by atoms with Gasteiger partial charge in [-0.3, -0.25) is 4.79 Å². The van der Waals surface area contributed by atoms with Crippen LogP contribution in [0.2, 0.25) is 0 Å². The van der Waals surface area contributed by atoms with Gasteiger partial charge in [0.2, 0.25) is 0 Å². The van der Waals surface area contributed by atoms with Gasteiger partial charge in [0.15, 0.2) is 23.0 Å². The normalized spacial score (nSPS) is 10.6. The molecule has 0 spiro atoms. The zero-order valence-corrected chi connectivity index (χ0v) is 15.7. The number of hydrogen-bond donors (Lipinski definition) is 2. The van der Waals surface area contributed by atoms with E-state index in [1.165, 1.54) is 19.4 Å². The Morgan fingerprint density at radius 1 is 1.11 bits per heavy atom. The Balaban J connectivity index is 2.07. The summed E-state index contributed by atoms with van der Waals surface area (Å²) in [6.45, 7) is 4.93. The maximum atomic E-state index is 12.3. The molecule has 0 saturated carbocycles. The molecule has 2 N–H and O–H groups in total. The molecule has 0 aliphatic heterocycles. The predicted octanol–water partition coefficient (Wildman–Crippen LogP) is 3.35. The summed E-state index contributed by atoms with van der Waals surface area (Å²) in [7, 11) is 1.46. The van der Waals surface area contributed by atoms with Gasteiger partial charge in [-0.05, 0) is 55.3 Å². The Hall–Kier alpha value is -3.22. The standard InChI is InChI=1S/C20H24N2O5/c1-4-10-27-17-9-7-15(12-19(17)26-5-2)20(24)22-21-13-14-6-8-16(23)18(11-14)25-3/h6-9,11-13,23H,4-5,10H2,1-3H3,(H,22,24)/b21-13+. The smallest absolute Gasteiger partial charge is 0.271 e. The highest BCUT2D eigenvalue weighted by atomic mass is 16.5. The predicted molar refractivity (Wildman–Crippen MR) is 103 cm³/mol. The number of ether oxygens (including phenoxy) is 3. The van der Waals surface area contributed by atoms with Crippen LogP contribution in [0.25, 0.3) is 0 Å². The van der Waals surface area contributed by atoms with Crippen LogP contribution < -0.4 is 19.6 Å². The van der Waals surface area contributed by atoms with Gasteiger partial charge in [-0.2, -0.15) is 5.10 Å². The molecule has 144 valence electrons. The van der Waals surface area contributed by atoms with Crippen molar-refractivity contribution in [2.75, 3.05) is 20.3 Å². The molecule has 0 atom stereocenters. The van der Waals surface area contributed by atoms with E-state index in [0.717, 1.165) is 6.42 Å². The number of hydrogen-bond acceptors (Lipinski definition) is 6. The molecule has 0 bridgehead atoms. The van der Waals surface area contributed by atoms with E-state index in [0.29, 0.717) is 41.6 Å². The summed E-state index contributed by atoms with van der Waals surface area (Å²) >= 11 is 0. The van der Waals surface area contributed by atoms with Gasteiger partial charge in [0, 0.05) is 5.56 Å². The van der Waals surface area contributed by atoms with Crippen LogP contribution in [0.3, 0.4) is 0 Å². The minimum Gasteiger partial charge on any atom is -0.504 e. The van der Waals surface area contributed by atoms with E-state index in [1.807, 2.05) is 13.8 Å². The number of phenolic OH excluding ortho intramolecular Hbond substituents is 1. The highest BCUT2D eigenvalue weighted by Gasteiger charge is 2.11. The molecule has 0 aliphatic carbocycles. The number of aromatic hydroxyl groups is 1. The summed E-state index contributed by atoms with van der Waals surface area (Å²) in [5.41, 5.74) is 3.54. The molecule has 0 fully saturated rings. The Bertz CT molecular complexity index is 805. The first kappa shape index (κ1) is 20.1. The Labute approximate surface area is 158 Å². The molecule has 27 heavy (non-hydrogen) atoms. The lowest BCUT2D eigenvalue weighted by molar-refractivity contribution is 0.0954. The molecule has 0 aliphatic rings. The number of nitrogens with zero attached hydrogens (tertiary/aromatic N) is 1. The second kappa shape index (κ2) is 10.1.